The average Bonchev–Trinajstić information content (AvgIpc) is 3.20. The molecule has 2 amide bonds. The Morgan fingerprint density at radius 3 is 2.74 bits per heavy atom. The minimum Gasteiger partial charge on any atom is -0.431 e. The summed E-state index contributed by atoms with van der Waals surface area (Å²) in [6.07, 6.45) is 10.7. The van der Waals surface area contributed by atoms with Gasteiger partial charge in [0.2, 0.25) is 0 Å². The number of piperazine rings is 1. The maximum absolute atomic E-state index is 13.1. The molecule has 0 aromatic carbocycles. The normalized spacial score (nSPS) is 44.6. The topological polar surface area (TPSA) is 115 Å². The van der Waals surface area contributed by atoms with Gasteiger partial charge in [0.15, 0.2) is 0 Å². The molecule has 5 fully saturated rings. The number of nitrogens with one attached hydrogen (secondary N) is 2. The van der Waals surface area contributed by atoms with Crippen LogP contribution >= 0.6 is 0 Å². The van der Waals surface area contributed by atoms with Crippen molar-refractivity contribution in [3.05, 3.63) is 34.4 Å². The summed E-state index contributed by atoms with van der Waals surface area (Å²) in [5, 5.41) is 28.7. The number of amides is 2. The van der Waals surface area contributed by atoms with Crippen LogP contribution < -0.4 is 16.3 Å². The molecule has 0 radical (unpaired) electrons. The van der Waals surface area contributed by atoms with Crippen molar-refractivity contribution < 1.29 is 19.4 Å². The molecule has 1 aromatic rings. The van der Waals surface area contributed by atoms with E-state index in [0.717, 1.165) is 69.9 Å². The number of nitrogens with zero attached hydrogens (tertiary/aromatic N) is 1. The molecule has 9 atom stereocenters. The number of rotatable bonds is 3. The molecule has 1 aromatic heterocycles. The second-order valence-corrected chi connectivity index (χ2v) is 13.5. The lowest BCUT2D eigenvalue weighted by Gasteiger charge is -2.63. The predicted octanol–water partition coefficient (Wildman–Crippen LogP) is 3.23. The molecule has 4 aliphatic carbocycles. The third-order valence-corrected chi connectivity index (χ3v) is 12.1. The van der Waals surface area contributed by atoms with Gasteiger partial charge in [-0.25, -0.2) is 9.59 Å². The largest absolute Gasteiger partial charge is 0.431 e. The van der Waals surface area contributed by atoms with E-state index in [9.17, 15) is 19.8 Å². The van der Waals surface area contributed by atoms with Crippen molar-refractivity contribution in [3.8, 4) is 0 Å². The predicted molar refractivity (Wildman–Crippen MR) is 144 cm³/mol. The van der Waals surface area contributed by atoms with Gasteiger partial charge in [-0.1, -0.05) is 13.8 Å². The molecule has 0 spiro atoms. The summed E-state index contributed by atoms with van der Waals surface area (Å²) in [6.45, 7) is 6.76. The first-order chi connectivity index (χ1) is 18.2. The second-order valence-electron chi connectivity index (χ2n) is 13.5. The zero-order valence-electron chi connectivity index (χ0n) is 23.0. The van der Waals surface area contributed by atoms with Crippen molar-refractivity contribution in [2.75, 3.05) is 26.2 Å². The number of urea groups is 1. The lowest BCUT2D eigenvalue weighted by molar-refractivity contribution is -0.201. The maximum atomic E-state index is 13.1. The van der Waals surface area contributed by atoms with E-state index in [-0.39, 0.29) is 47.1 Å². The van der Waals surface area contributed by atoms with Crippen LogP contribution in [0.5, 0.6) is 0 Å². The smallest absolute Gasteiger partial charge is 0.335 e. The van der Waals surface area contributed by atoms with Crippen LogP contribution in [0.15, 0.2) is 27.6 Å². The lowest BCUT2D eigenvalue weighted by atomic mass is 9.43. The van der Waals surface area contributed by atoms with Gasteiger partial charge in [-0.05, 0) is 98.5 Å². The van der Waals surface area contributed by atoms with Crippen LogP contribution in [0.3, 0.4) is 0 Å². The van der Waals surface area contributed by atoms with Crippen LogP contribution in [-0.2, 0) is 0 Å². The number of carbonyl (C=O) groups excluding carboxylic acids is 1. The fraction of sp³-hybridized carbons (Fsp3) is 0.800. The summed E-state index contributed by atoms with van der Waals surface area (Å²) in [5.74, 6) is 1.55. The highest BCUT2D eigenvalue weighted by atomic mass is 16.4. The van der Waals surface area contributed by atoms with E-state index >= 15 is 0 Å². The Morgan fingerprint density at radius 1 is 1.13 bits per heavy atom. The fourth-order valence-electron chi connectivity index (χ4n) is 9.91. The SMILES string of the molecule is C[C@]12CC[C@H](NC(=O)N3CCNCC3CO)C[C@H]1CC[C@@H]1[C@@H]2CC[C@]2(C)[C@@H](c3ccc(=O)oc3)CC[C@]12O. The summed E-state index contributed by atoms with van der Waals surface area (Å²) in [5.41, 5.74) is -0.00550. The van der Waals surface area contributed by atoms with E-state index < -0.39 is 5.60 Å². The highest BCUT2D eigenvalue weighted by molar-refractivity contribution is 5.75. The van der Waals surface area contributed by atoms with Crippen molar-refractivity contribution in [2.45, 2.75) is 95.2 Å². The molecule has 5 aliphatic rings. The zero-order valence-corrected chi connectivity index (χ0v) is 23.0. The van der Waals surface area contributed by atoms with Crippen molar-refractivity contribution in [1.82, 2.24) is 15.5 Å². The minimum atomic E-state index is -0.697. The number of aliphatic hydroxyl groups excluding tert-OH is 1. The highest BCUT2D eigenvalue weighted by Gasteiger charge is 2.67. The van der Waals surface area contributed by atoms with Crippen molar-refractivity contribution in [2.24, 2.45) is 28.6 Å². The van der Waals surface area contributed by atoms with Crippen molar-refractivity contribution in [3.63, 3.8) is 0 Å². The molecule has 210 valence electrons. The molecule has 8 heteroatoms. The Labute approximate surface area is 225 Å². The molecule has 4 N–H and O–H groups in total. The highest BCUT2D eigenvalue weighted by Crippen LogP contribution is 2.70. The number of aliphatic hydroxyl groups is 2. The van der Waals surface area contributed by atoms with Gasteiger partial charge >= 0.3 is 11.7 Å². The van der Waals surface area contributed by atoms with Gasteiger partial charge < -0.3 is 30.2 Å². The molecule has 0 bridgehead atoms. The van der Waals surface area contributed by atoms with Crippen molar-refractivity contribution in [1.29, 1.82) is 0 Å². The third kappa shape index (κ3) is 3.96. The standard InChI is InChI=1S/C30H45N3O5/c1-28-10-7-21(32-27(36)33-14-13-31-16-22(33)17-34)15-20(28)4-5-25-24(28)8-11-29(2)23(9-12-30(25,29)37)19-3-6-26(35)38-18-19/h3,6,18,20-25,31,34,37H,4-5,7-17H2,1-2H3,(H,32,36)/t20-,21+,22?,23-,24+,25-,28+,29-,30+/m1/s1. The maximum Gasteiger partial charge on any atom is 0.335 e. The summed E-state index contributed by atoms with van der Waals surface area (Å²) < 4.78 is 5.22. The van der Waals surface area contributed by atoms with Gasteiger partial charge in [0.1, 0.15) is 0 Å². The van der Waals surface area contributed by atoms with E-state index in [1.165, 1.54) is 6.07 Å². The summed E-state index contributed by atoms with van der Waals surface area (Å²) in [7, 11) is 0. The van der Waals surface area contributed by atoms with Gasteiger partial charge in [-0.3, -0.25) is 0 Å². The van der Waals surface area contributed by atoms with Crippen LogP contribution in [0.4, 0.5) is 4.79 Å². The van der Waals surface area contributed by atoms with Crippen LogP contribution in [0.2, 0.25) is 0 Å². The van der Waals surface area contributed by atoms with Gasteiger partial charge in [0.25, 0.3) is 0 Å². The van der Waals surface area contributed by atoms with Crippen LogP contribution in [0.1, 0.15) is 83.1 Å². The Kier molecular flexibility index (Phi) is 6.67. The molecule has 38 heavy (non-hydrogen) atoms. The molecular weight excluding hydrogens is 482 g/mol. The van der Waals surface area contributed by atoms with Gasteiger partial charge in [-0.2, -0.15) is 0 Å². The summed E-state index contributed by atoms with van der Waals surface area (Å²) in [4.78, 5) is 26.4. The van der Waals surface area contributed by atoms with Crippen LogP contribution in [0, 0.1) is 28.6 Å². The number of fused-ring (bicyclic) bond motifs is 5. The third-order valence-electron chi connectivity index (χ3n) is 12.1. The number of carbonyl (C=O) groups is 1. The monoisotopic (exact) mass is 527 g/mol. The first-order valence-corrected chi connectivity index (χ1v) is 14.9. The zero-order chi connectivity index (χ0) is 26.7. The average molecular weight is 528 g/mol. The van der Waals surface area contributed by atoms with Gasteiger partial charge in [0, 0.05) is 37.2 Å². The minimum absolute atomic E-state index is 0.0176. The summed E-state index contributed by atoms with van der Waals surface area (Å²) in [6, 6.07) is 3.39. The molecule has 2 heterocycles. The van der Waals surface area contributed by atoms with Crippen LogP contribution in [-0.4, -0.2) is 65.1 Å². The van der Waals surface area contributed by atoms with E-state index in [1.54, 1.807) is 11.2 Å². The summed E-state index contributed by atoms with van der Waals surface area (Å²) >= 11 is 0. The Balaban J connectivity index is 1.16. The Bertz CT molecular complexity index is 1090. The van der Waals surface area contributed by atoms with Crippen LogP contribution in [0.25, 0.3) is 0 Å². The van der Waals surface area contributed by atoms with E-state index in [2.05, 4.69) is 24.5 Å². The molecule has 6 rings (SSSR count). The lowest BCUT2D eigenvalue weighted by Crippen LogP contribution is -2.63. The molecule has 1 saturated heterocycles. The molecular formula is C30H45N3O5. The van der Waals surface area contributed by atoms with E-state index in [0.29, 0.717) is 30.8 Å². The fourth-order valence-corrected chi connectivity index (χ4v) is 9.91. The Morgan fingerprint density at radius 2 is 1.97 bits per heavy atom. The Hall–Kier alpha value is -1.90. The second kappa shape index (κ2) is 9.63. The first-order valence-electron chi connectivity index (χ1n) is 14.9. The van der Waals surface area contributed by atoms with E-state index in [4.69, 9.17) is 4.42 Å². The van der Waals surface area contributed by atoms with Gasteiger partial charge in [-0.15, -0.1) is 0 Å². The molecule has 1 aliphatic heterocycles. The van der Waals surface area contributed by atoms with Gasteiger partial charge in [0.05, 0.1) is 24.5 Å². The molecule has 8 nitrogen and oxygen atoms in total. The first kappa shape index (κ1) is 26.3. The number of hydrogen-bond donors (Lipinski definition) is 4. The molecule has 4 saturated carbocycles. The van der Waals surface area contributed by atoms with Crippen molar-refractivity contribution >= 4 is 6.03 Å². The quantitative estimate of drug-likeness (QED) is 0.480. The molecule has 1 unspecified atom stereocenters. The van der Waals surface area contributed by atoms with E-state index in [1.807, 2.05) is 6.07 Å². The number of hydrogen-bond acceptors (Lipinski definition) is 6.